The van der Waals surface area contributed by atoms with E-state index in [4.69, 9.17) is 4.42 Å². The number of hydrogen-bond donors (Lipinski definition) is 2. The Bertz CT molecular complexity index is 1150. The third kappa shape index (κ3) is 3.28. The van der Waals surface area contributed by atoms with Crippen molar-refractivity contribution in [3.8, 4) is 17.1 Å². The summed E-state index contributed by atoms with van der Waals surface area (Å²) in [4.78, 5) is 27.2. The number of rotatable bonds is 4. The summed E-state index contributed by atoms with van der Waals surface area (Å²) in [6.45, 7) is 0. The van der Waals surface area contributed by atoms with Crippen molar-refractivity contribution in [2.24, 2.45) is 0 Å². The maximum atomic E-state index is 14.3. The molecule has 4 aromatic rings. The number of furan rings is 1. The molecule has 3 heterocycles. The molecule has 0 saturated heterocycles. The zero-order valence-corrected chi connectivity index (χ0v) is 13.8. The van der Waals surface area contributed by atoms with Crippen LogP contribution in [0.15, 0.2) is 76.4 Å². The number of carbonyl (C=O) groups is 1. The average molecular weight is 364 g/mol. The highest BCUT2D eigenvalue weighted by atomic mass is 19.1. The van der Waals surface area contributed by atoms with Crippen LogP contribution in [-0.2, 0) is 0 Å². The van der Waals surface area contributed by atoms with E-state index >= 15 is 0 Å². The lowest BCUT2D eigenvalue weighted by Crippen LogP contribution is -2.23. The number of nitrogens with one attached hydrogen (secondary N) is 2. The first-order chi connectivity index (χ1) is 13.1. The van der Waals surface area contributed by atoms with Gasteiger partial charge in [0.05, 0.1) is 12.0 Å². The molecule has 0 aliphatic carbocycles. The molecule has 0 aliphatic rings. The molecule has 27 heavy (non-hydrogen) atoms. The molecule has 0 atom stereocenters. The Kier molecular flexibility index (Phi) is 4.13. The van der Waals surface area contributed by atoms with Crippen LogP contribution in [0.5, 0.6) is 0 Å². The number of carbonyl (C=O) groups excluding carboxylic acids is 1. The summed E-state index contributed by atoms with van der Waals surface area (Å²) in [6.07, 6.45) is 4.63. The first kappa shape index (κ1) is 16.5. The van der Waals surface area contributed by atoms with Gasteiger partial charge in [-0.1, -0.05) is 0 Å². The number of anilines is 1. The van der Waals surface area contributed by atoms with Gasteiger partial charge in [-0.05, 0) is 48.5 Å². The van der Waals surface area contributed by atoms with E-state index in [-0.39, 0.29) is 16.9 Å². The van der Waals surface area contributed by atoms with Gasteiger partial charge in [-0.25, -0.2) is 9.07 Å². The lowest BCUT2D eigenvalue weighted by molar-refractivity contribution is 0.102. The molecule has 0 radical (unpaired) electrons. The molecule has 0 bridgehead atoms. The number of hydrogen-bond acceptors (Lipinski definition) is 4. The summed E-state index contributed by atoms with van der Waals surface area (Å²) < 4.78 is 20.8. The summed E-state index contributed by atoms with van der Waals surface area (Å²) in [5.41, 5.74) is 0.259. The third-order valence-corrected chi connectivity index (χ3v) is 3.90. The monoisotopic (exact) mass is 364 g/mol. The largest absolute Gasteiger partial charge is 0.463 e. The molecule has 2 N–H and O–H groups in total. The zero-order chi connectivity index (χ0) is 18.8. The topological polar surface area (TPSA) is 92.9 Å². The second-order valence-corrected chi connectivity index (χ2v) is 5.66. The van der Waals surface area contributed by atoms with Crippen molar-refractivity contribution in [2.75, 3.05) is 5.32 Å². The first-order valence-electron chi connectivity index (χ1n) is 8.00. The van der Waals surface area contributed by atoms with E-state index in [0.29, 0.717) is 11.5 Å². The molecule has 134 valence electrons. The summed E-state index contributed by atoms with van der Waals surface area (Å²) in [6, 6.07) is 12.2. The number of aromatic amines is 1. The van der Waals surface area contributed by atoms with Gasteiger partial charge in [0.15, 0.2) is 5.82 Å². The standard InChI is InChI=1S/C19H13FN4O3/c20-14-11-12(4-7-16(14)24-9-2-8-21-24)22-18(25)13-5-6-15(23-19(13)26)17-3-1-10-27-17/h1-11H,(H,22,25)(H,23,26). The molecular formula is C19H13FN4O3. The lowest BCUT2D eigenvalue weighted by Gasteiger charge is -2.08. The molecule has 1 amide bonds. The van der Waals surface area contributed by atoms with E-state index in [0.717, 1.165) is 0 Å². The molecule has 4 rings (SSSR count). The van der Waals surface area contributed by atoms with Crippen LogP contribution >= 0.6 is 0 Å². The molecule has 3 aromatic heterocycles. The predicted molar refractivity (Wildman–Crippen MR) is 96.2 cm³/mol. The van der Waals surface area contributed by atoms with Crippen molar-refractivity contribution in [3.05, 3.63) is 88.9 Å². The Morgan fingerprint density at radius 2 is 2.07 bits per heavy atom. The highest BCUT2D eigenvalue weighted by Gasteiger charge is 2.14. The molecule has 0 fully saturated rings. The van der Waals surface area contributed by atoms with Gasteiger partial charge in [-0.2, -0.15) is 5.10 Å². The zero-order valence-electron chi connectivity index (χ0n) is 13.8. The van der Waals surface area contributed by atoms with E-state index in [1.807, 2.05) is 0 Å². The van der Waals surface area contributed by atoms with Crippen LogP contribution < -0.4 is 10.9 Å². The summed E-state index contributed by atoms with van der Waals surface area (Å²) in [7, 11) is 0. The minimum atomic E-state index is -0.645. The van der Waals surface area contributed by atoms with Gasteiger partial charge in [0, 0.05) is 18.1 Å². The molecule has 7 nitrogen and oxygen atoms in total. The summed E-state index contributed by atoms with van der Waals surface area (Å²) >= 11 is 0. The highest BCUT2D eigenvalue weighted by Crippen LogP contribution is 2.19. The maximum absolute atomic E-state index is 14.3. The Balaban J connectivity index is 1.56. The van der Waals surface area contributed by atoms with Crippen LogP contribution in [0.1, 0.15) is 10.4 Å². The molecule has 0 aliphatic heterocycles. The normalized spacial score (nSPS) is 10.7. The molecule has 0 spiro atoms. The van der Waals surface area contributed by atoms with Crippen molar-refractivity contribution in [2.45, 2.75) is 0 Å². The van der Waals surface area contributed by atoms with Crippen LogP contribution in [0.2, 0.25) is 0 Å². The number of halogens is 1. The second kappa shape index (κ2) is 6.75. The molecule has 0 saturated carbocycles. The Morgan fingerprint density at radius 1 is 1.19 bits per heavy atom. The van der Waals surface area contributed by atoms with Crippen LogP contribution in [0.25, 0.3) is 17.1 Å². The predicted octanol–water partition coefficient (Wildman–Crippen LogP) is 3.21. The van der Waals surface area contributed by atoms with Crippen molar-refractivity contribution in [1.29, 1.82) is 0 Å². The summed E-state index contributed by atoms with van der Waals surface area (Å²) in [5.74, 6) is -0.720. The van der Waals surface area contributed by atoms with Crippen molar-refractivity contribution in [3.63, 3.8) is 0 Å². The first-order valence-corrected chi connectivity index (χ1v) is 8.00. The van der Waals surface area contributed by atoms with Gasteiger partial charge in [-0.3, -0.25) is 9.59 Å². The lowest BCUT2D eigenvalue weighted by atomic mass is 10.2. The van der Waals surface area contributed by atoms with Gasteiger partial charge >= 0.3 is 0 Å². The minimum absolute atomic E-state index is 0.0955. The maximum Gasteiger partial charge on any atom is 0.261 e. The third-order valence-electron chi connectivity index (χ3n) is 3.90. The van der Waals surface area contributed by atoms with Gasteiger partial charge in [0.2, 0.25) is 0 Å². The second-order valence-electron chi connectivity index (χ2n) is 5.66. The Labute approximate surface area is 152 Å². The van der Waals surface area contributed by atoms with Gasteiger partial charge < -0.3 is 14.7 Å². The average Bonchev–Trinajstić information content (AvgIpc) is 3.36. The number of pyridine rings is 1. The quantitative estimate of drug-likeness (QED) is 0.581. The fourth-order valence-electron chi connectivity index (χ4n) is 2.61. The number of benzene rings is 1. The van der Waals surface area contributed by atoms with E-state index < -0.39 is 17.3 Å². The van der Waals surface area contributed by atoms with Crippen molar-refractivity contribution < 1.29 is 13.6 Å². The number of H-pyrrole nitrogens is 1. The van der Waals surface area contributed by atoms with Gasteiger partial charge in [0.25, 0.3) is 11.5 Å². The van der Waals surface area contributed by atoms with Crippen molar-refractivity contribution >= 4 is 11.6 Å². The fraction of sp³-hybridized carbons (Fsp3) is 0. The minimum Gasteiger partial charge on any atom is -0.463 e. The highest BCUT2D eigenvalue weighted by molar-refractivity contribution is 6.04. The Hall–Kier alpha value is -3.94. The smallest absolute Gasteiger partial charge is 0.261 e. The van der Waals surface area contributed by atoms with E-state index in [9.17, 15) is 14.0 Å². The van der Waals surface area contributed by atoms with Crippen LogP contribution in [-0.4, -0.2) is 20.7 Å². The van der Waals surface area contributed by atoms with Crippen LogP contribution in [0.3, 0.4) is 0 Å². The van der Waals surface area contributed by atoms with E-state index in [1.54, 1.807) is 30.5 Å². The molecule has 8 heteroatoms. The number of amides is 1. The SMILES string of the molecule is O=C(Nc1ccc(-n2cccn2)c(F)c1)c1ccc(-c2ccco2)[nH]c1=O. The van der Waals surface area contributed by atoms with Crippen LogP contribution in [0, 0.1) is 5.82 Å². The van der Waals surface area contributed by atoms with E-state index in [1.165, 1.54) is 41.4 Å². The Morgan fingerprint density at radius 3 is 2.74 bits per heavy atom. The summed E-state index contributed by atoms with van der Waals surface area (Å²) in [5, 5.41) is 6.48. The number of nitrogens with zero attached hydrogens (tertiary/aromatic N) is 2. The molecular weight excluding hydrogens is 351 g/mol. The van der Waals surface area contributed by atoms with Crippen molar-refractivity contribution in [1.82, 2.24) is 14.8 Å². The van der Waals surface area contributed by atoms with Gasteiger partial charge in [0.1, 0.15) is 17.0 Å². The molecule has 0 unspecified atom stereocenters. The molecule has 1 aromatic carbocycles. The van der Waals surface area contributed by atoms with Gasteiger partial charge in [-0.15, -0.1) is 0 Å². The van der Waals surface area contributed by atoms with Crippen LogP contribution in [0.4, 0.5) is 10.1 Å². The fourth-order valence-corrected chi connectivity index (χ4v) is 2.61. The number of aromatic nitrogens is 3. The van der Waals surface area contributed by atoms with E-state index in [2.05, 4.69) is 15.4 Å².